The van der Waals surface area contributed by atoms with Gasteiger partial charge in [-0.25, -0.2) is 0 Å². The molecule has 4 nitrogen and oxygen atoms in total. The zero-order valence-electron chi connectivity index (χ0n) is 24.8. The third-order valence-electron chi connectivity index (χ3n) is 4.79. The Morgan fingerprint density at radius 3 is 0.190 bits per heavy atom. The van der Waals surface area contributed by atoms with Crippen LogP contribution in [-0.2, 0) is 0 Å². The molecule has 0 aromatic carbocycles. The molecule has 0 radical (unpaired) electrons. The van der Waals surface area contributed by atoms with E-state index in [1.165, 1.54) is 0 Å². The van der Waals surface area contributed by atoms with Crippen molar-refractivity contribution in [1.29, 1.82) is 0 Å². The van der Waals surface area contributed by atoms with E-state index in [4.69, 9.17) is 0 Å². The van der Waals surface area contributed by atoms with Crippen LogP contribution in [0.1, 0.15) is 0 Å². The molecule has 0 bridgehead atoms. The minimum atomic E-state index is -6.98. The Bertz CT molecular complexity index is 888. The van der Waals surface area contributed by atoms with Crippen molar-refractivity contribution in [1.82, 2.24) is 0 Å². The van der Waals surface area contributed by atoms with E-state index >= 15 is 0 Å². The quantitative estimate of drug-likeness (QED) is 0.274. The maximum absolute atomic E-state index is 11.3. The Morgan fingerprint density at radius 2 is 0.190 bits per heavy atom. The average Bonchev–Trinajstić information content (AvgIpc) is 2.79. The van der Waals surface area contributed by atoms with E-state index in [1.807, 2.05) is 0 Å². The molecule has 0 aliphatic heterocycles. The number of halogens is 36. The molecular formula is C16AlF36KO4. The van der Waals surface area contributed by atoms with Crippen molar-refractivity contribution in [3.05, 3.63) is 0 Å². The van der Waals surface area contributed by atoms with Gasteiger partial charge >= 0.3 is 143 Å². The molecule has 0 rings (SSSR count). The number of hydrogen-bond acceptors (Lipinski definition) is 4. The Balaban J connectivity index is -0.000000154. The van der Waals surface area contributed by atoms with E-state index in [2.05, 4.69) is 0 Å². The van der Waals surface area contributed by atoms with Gasteiger partial charge in [0.15, 0.2) is 22.4 Å². The summed E-state index contributed by atoms with van der Waals surface area (Å²) in [6.45, 7) is 0. The van der Waals surface area contributed by atoms with Crippen molar-refractivity contribution in [3.63, 3.8) is 0 Å². The van der Waals surface area contributed by atoms with Crippen LogP contribution in [-0.4, -0.2) is 114 Å². The van der Waals surface area contributed by atoms with Gasteiger partial charge in [-0.05, 0) is 0 Å². The predicted molar refractivity (Wildman–Crippen MR) is 89.3 cm³/mol. The summed E-state index contributed by atoms with van der Waals surface area (Å²) in [5, 5.41) is 39.2. The Morgan fingerprint density at radius 1 is 0.155 bits per heavy atom. The molecule has 0 saturated carbocycles. The zero-order valence-corrected chi connectivity index (χ0v) is 29.1. The van der Waals surface area contributed by atoms with E-state index in [9.17, 15) is 178 Å². The summed E-state index contributed by atoms with van der Waals surface area (Å²) in [4.78, 5) is 0. The van der Waals surface area contributed by atoms with Gasteiger partial charge in [0, 0.05) is 0 Å². The van der Waals surface area contributed by atoms with E-state index in [0.29, 0.717) is 0 Å². The first-order valence-corrected chi connectivity index (χ1v) is 10.6. The standard InChI is InChI=1S/4C4F9O.Al.K/c4*5-2(6,7)1(14,3(8,9)10)4(11,12)13;;/q4*-1;+3;+1. The summed E-state index contributed by atoms with van der Waals surface area (Å²) in [7, 11) is 0. The molecule has 0 fully saturated rings. The van der Waals surface area contributed by atoms with Crippen LogP contribution in [0.25, 0.3) is 0 Å². The molecule has 344 valence electrons. The van der Waals surface area contributed by atoms with Crippen LogP contribution >= 0.6 is 0 Å². The zero-order chi connectivity index (χ0) is 48.0. The molecule has 0 spiro atoms. The third-order valence-corrected chi connectivity index (χ3v) is 4.79. The van der Waals surface area contributed by atoms with E-state index in [0.717, 1.165) is 0 Å². The summed E-state index contributed by atoms with van der Waals surface area (Å²) in [6.07, 6.45) is -83.8. The van der Waals surface area contributed by atoms with Crippen LogP contribution in [0.15, 0.2) is 0 Å². The summed E-state index contributed by atoms with van der Waals surface area (Å²) in [6, 6.07) is 0. The summed E-state index contributed by atoms with van der Waals surface area (Å²) in [5.74, 6) is 0. The van der Waals surface area contributed by atoms with Gasteiger partial charge < -0.3 is 20.4 Å². The van der Waals surface area contributed by atoms with Gasteiger partial charge in [0.25, 0.3) is 0 Å². The minimum Gasteiger partial charge on any atom is -0.830 e. The van der Waals surface area contributed by atoms with Gasteiger partial charge in [0.05, 0.1) is 0 Å². The molecule has 0 aromatic rings. The Labute approximate surface area is 342 Å². The van der Waals surface area contributed by atoms with Gasteiger partial charge in [-0.2, -0.15) is 158 Å². The van der Waals surface area contributed by atoms with Crippen molar-refractivity contribution < 1.29 is 230 Å². The summed E-state index contributed by atoms with van der Waals surface area (Å²) in [5.41, 5.74) is -27.8. The second kappa shape index (κ2) is 19.1. The molecule has 0 amide bonds. The normalized spacial score (nSPS) is 15.3. The van der Waals surface area contributed by atoms with Gasteiger partial charge in [-0.15, -0.1) is 0 Å². The molecule has 0 unspecified atom stereocenters. The predicted octanol–water partition coefficient (Wildman–Crippen LogP) is 3.71. The van der Waals surface area contributed by atoms with Crippen molar-refractivity contribution in [2.45, 2.75) is 96.5 Å². The fourth-order valence-corrected chi connectivity index (χ4v) is 1.93. The maximum atomic E-state index is 11.3. The summed E-state index contributed by atoms with van der Waals surface area (Å²) >= 11 is 0. The molecule has 0 heterocycles. The topological polar surface area (TPSA) is 92.2 Å². The average molecular weight is 1010 g/mol. The monoisotopic (exact) mass is 1010 g/mol. The molecular weight excluding hydrogens is 1010 g/mol. The van der Waals surface area contributed by atoms with Crippen molar-refractivity contribution >= 4 is 17.4 Å². The molecule has 0 saturated heterocycles. The fourth-order valence-electron chi connectivity index (χ4n) is 1.93. The smallest absolute Gasteiger partial charge is 0.830 e. The fraction of sp³-hybridized carbons (Fsp3) is 1.00. The third kappa shape index (κ3) is 14.3. The second-order valence-electron chi connectivity index (χ2n) is 8.70. The van der Waals surface area contributed by atoms with Crippen LogP contribution in [0.4, 0.5) is 158 Å². The maximum Gasteiger partial charge on any atom is 3.00 e. The van der Waals surface area contributed by atoms with Crippen molar-refractivity contribution in [2.24, 2.45) is 0 Å². The number of hydrogen-bond donors (Lipinski definition) is 0. The molecule has 0 N–H and O–H groups in total. The first kappa shape index (κ1) is 69.2. The molecule has 58 heavy (non-hydrogen) atoms. The van der Waals surface area contributed by atoms with Crippen LogP contribution in [0.5, 0.6) is 0 Å². The molecule has 42 heteroatoms. The Kier molecular flexibility index (Phi) is 22.8. The SMILES string of the molecule is [Al+3].[K+].[O-]C(C(F)(F)F)(C(F)(F)F)C(F)(F)F.[O-]C(C(F)(F)F)(C(F)(F)F)C(F)(F)F.[O-]C(C(F)(F)F)(C(F)(F)F)C(F)(F)F.[O-]C(C(F)(F)F)(C(F)(F)F)C(F)(F)F. The first-order valence-electron chi connectivity index (χ1n) is 10.6. The van der Waals surface area contributed by atoms with Crippen molar-refractivity contribution in [3.8, 4) is 0 Å². The van der Waals surface area contributed by atoms with Gasteiger partial charge in [-0.3, -0.25) is 0 Å². The van der Waals surface area contributed by atoms with E-state index in [1.54, 1.807) is 0 Å². The van der Waals surface area contributed by atoms with Crippen LogP contribution < -0.4 is 71.8 Å². The van der Waals surface area contributed by atoms with Crippen LogP contribution in [0, 0.1) is 0 Å². The van der Waals surface area contributed by atoms with Gasteiger partial charge in [0.2, 0.25) is 0 Å². The van der Waals surface area contributed by atoms with Crippen LogP contribution in [0.2, 0.25) is 0 Å². The Hall–Kier alpha value is -0.511. The number of rotatable bonds is 0. The molecule has 0 aliphatic rings. The summed E-state index contributed by atoms with van der Waals surface area (Å²) < 4.78 is 408. The first-order chi connectivity index (χ1) is 23.0. The molecule has 0 aliphatic carbocycles. The van der Waals surface area contributed by atoms with Crippen molar-refractivity contribution in [2.75, 3.05) is 0 Å². The number of alkyl halides is 36. The second-order valence-corrected chi connectivity index (χ2v) is 8.70. The molecule has 0 atom stereocenters. The van der Waals surface area contributed by atoms with Crippen LogP contribution in [0.3, 0.4) is 0 Å². The van der Waals surface area contributed by atoms with E-state index < -0.39 is 96.5 Å². The van der Waals surface area contributed by atoms with Gasteiger partial charge in [0.1, 0.15) is 0 Å². The minimum absolute atomic E-state index is 0. The largest absolute Gasteiger partial charge is 3.00 e. The van der Waals surface area contributed by atoms with Gasteiger partial charge in [-0.1, -0.05) is 0 Å². The van der Waals surface area contributed by atoms with E-state index in [-0.39, 0.29) is 68.7 Å². The molecule has 0 aromatic heterocycles.